The van der Waals surface area contributed by atoms with Crippen molar-refractivity contribution in [2.75, 3.05) is 32.8 Å². The predicted octanol–water partition coefficient (Wildman–Crippen LogP) is 2.41. The number of aromatic nitrogens is 2. The highest BCUT2D eigenvalue weighted by molar-refractivity contribution is 6.31. The van der Waals surface area contributed by atoms with E-state index in [1.54, 1.807) is 0 Å². The van der Waals surface area contributed by atoms with E-state index in [2.05, 4.69) is 14.5 Å². The molecule has 1 saturated heterocycles. The number of rotatable bonds is 4. The van der Waals surface area contributed by atoms with Crippen molar-refractivity contribution < 1.29 is 4.74 Å². The highest BCUT2D eigenvalue weighted by atomic mass is 35.5. The normalized spacial score (nSPS) is 17.1. The van der Waals surface area contributed by atoms with Gasteiger partial charge < -0.3 is 9.30 Å². The van der Waals surface area contributed by atoms with Crippen LogP contribution in [0.5, 0.6) is 0 Å². The molecule has 0 N–H and O–H groups in total. The van der Waals surface area contributed by atoms with Gasteiger partial charge in [0.2, 0.25) is 0 Å². The Kier molecular flexibility index (Phi) is 4.01. The van der Waals surface area contributed by atoms with Gasteiger partial charge >= 0.3 is 0 Å². The van der Waals surface area contributed by atoms with Crippen LogP contribution in [0.1, 0.15) is 6.42 Å². The van der Waals surface area contributed by atoms with E-state index in [4.69, 9.17) is 16.3 Å². The van der Waals surface area contributed by atoms with E-state index >= 15 is 0 Å². The summed E-state index contributed by atoms with van der Waals surface area (Å²) in [5.41, 5.74) is 2.13. The Hall–Kier alpha value is -1.10. The minimum absolute atomic E-state index is 0.766. The third-order valence-electron chi connectivity index (χ3n) is 3.56. The summed E-state index contributed by atoms with van der Waals surface area (Å²) in [6, 6.07) is 5.84. The summed E-state index contributed by atoms with van der Waals surface area (Å²) >= 11 is 6.04. The molecule has 4 nitrogen and oxygen atoms in total. The van der Waals surface area contributed by atoms with Crippen LogP contribution in [0.2, 0.25) is 5.02 Å². The van der Waals surface area contributed by atoms with Gasteiger partial charge in [-0.2, -0.15) is 0 Å². The Balaban J connectivity index is 1.60. The zero-order valence-electron chi connectivity index (χ0n) is 10.9. The van der Waals surface area contributed by atoms with E-state index < -0.39 is 0 Å². The molecular formula is C14H18ClN3O. The Morgan fingerprint density at radius 2 is 2.05 bits per heavy atom. The van der Waals surface area contributed by atoms with Crippen LogP contribution >= 0.6 is 11.6 Å². The first-order valence-corrected chi connectivity index (χ1v) is 7.11. The average Bonchev–Trinajstić information content (AvgIpc) is 2.83. The standard InChI is InChI=1S/C14H18ClN3O/c15-12-2-3-13-14(10-12)18(11-16-13)5-1-4-17-6-8-19-9-7-17/h2-3,10-11H,1,4-9H2. The van der Waals surface area contributed by atoms with Gasteiger partial charge in [0.25, 0.3) is 0 Å². The largest absolute Gasteiger partial charge is 0.379 e. The summed E-state index contributed by atoms with van der Waals surface area (Å²) < 4.78 is 7.53. The van der Waals surface area contributed by atoms with Crippen molar-refractivity contribution in [2.24, 2.45) is 0 Å². The van der Waals surface area contributed by atoms with Gasteiger partial charge in [-0.1, -0.05) is 11.6 Å². The van der Waals surface area contributed by atoms with E-state index in [9.17, 15) is 0 Å². The zero-order valence-corrected chi connectivity index (χ0v) is 11.6. The molecule has 0 bridgehead atoms. The summed E-state index contributed by atoms with van der Waals surface area (Å²) in [7, 11) is 0. The molecule has 3 rings (SSSR count). The Bertz CT molecular complexity index is 549. The lowest BCUT2D eigenvalue weighted by atomic mass is 10.3. The van der Waals surface area contributed by atoms with Crippen LogP contribution in [0.15, 0.2) is 24.5 Å². The van der Waals surface area contributed by atoms with Gasteiger partial charge in [-0.3, -0.25) is 4.90 Å². The molecule has 1 fully saturated rings. The molecule has 1 aliphatic rings. The highest BCUT2D eigenvalue weighted by Gasteiger charge is 2.10. The summed E-state index contributed by atoms with van der Waals surface area (Å²) in [5.74, 6) is 0. The molecular weight excluding hydrogens is 262 g/mol. The number of hydrogen-bond acceptors (Lipinski definition) is 3. The molecule has 0 spiro atoms. The topological polar surface area (TPSA) is 30.3 Å². The number of fused-ring (bicyclic) bond motifs is 1. The molecule has 0 amide bonds. The summed E-state index contributed by atoms with van der Waals surface area (Å²) in [6.45, 7) is 5.93. The van der Waals surface area contributed by atoms with Crippen LogP contribution < -0.4 is 0 Å². The van der Waals surface area contributed by atoms with E-state index in [-0.39, 0.29) is 0 Å². The molecule has 0 radical (unpaired) electrons. The second-order valence-corrected chi connectivity index (χ2v) is 5.32. The van der Waals surface area contributed by atoms with Crippen LogP contribution in [0, 0.1) is 0 Å². The van der Waals surface area contributed by atoms with Crippen molar-refractivity contribution in [1.82, 2.24) is 14.5 Å². The van der Waals surface area contributed by atoms with Crippen LogP contribution in [0.4, 0.5) is 0 Å². The lowest BCUT2D eigenvalue weighted by Crippen LogP contribution is -2.37. The lowest BCUT2D eigenvalue weighted by Gasteiger charge is -2.26. The number of nitrogens with zero attached hydrogens (tertiary/aromatic N) is 3. The van der Waals surface area contributed by atoms with Crippen molar-refractivity contribution in [2.45, 2.75) is 13.0 Å². The van der Waals surface area contributed by atoms with Gasteiger partial charge in [0, 0.05) is 31.2 Å². The molecule has 0 aliphatic carbocycles. The number of halogens is 1. The van der Waals surface area contributed by atoms with Gasteiger partial charge in [0.15, 0.2) is 0 Å². The molecule has 0 saturated carbocycles. The van der Waals surface area contributed by atoms with Crippen LogP contribution in [0.3, 0.4) is 0 Å². The van der Waals surface area contributed by atoms with Gasteiger partial charge in [-0.05, 0) is 24.6 Å². The summed E-state index contributed by atoms with van der Waals surface area (Å²) in [4.78, 5) is 6.85. The fraction of sp³-hybridized carbons (Fsp3) is 0.500. The SMILES string of the molecule is Clc1ccc2ncn(CCCN3CCOCC3)c2c1. The molecule has 102 valence electrons. The average molecular weight is 280 g/mol. The third kappa shape index (κ3) is 3.08. The van der Waals surface area contributed by atoms with Crippen molar-refractivity contribution in [3.8, 4) is 0 Å². The van der Waals surface area contributed by atoms with Gasteiger partial charge in [0.05, 0.1) is 30.6 Å². The molecule has 2 aromatic rings. The number of ether oxygens (including phenoxy) is 1. The molecule has 0 unspecified atom stereocenters. The number of hydrogen-bond donors (Lipinski definition) is 0. The van der Waals surface area contributed by atoms with Gasteiger partial charge in [-0.15, -0.1) is 0 Å². The van der Waals surface area contributed by atoms with Crippen LogP contribution in [0.25, 0.3) is 11.0 Å². The van der Waals surface area contributed by atoms with Gasteiger partial charge in [0.1, 0.15) is 0 Å². The molecule has 5 heteroatoms. The number of benzene rings is 1. The second kappa shape index (κ2) is 5.90. The van der Waals surface area contributed by atoms with E-state index in [1.165, 1.54) is 0 Å². The number of aryl methyl sites for hydroxylation is 1. The number of imidazole rings is 1. The first kappa shape index (κ1) is 12.9. The monoisotopic (exact) mass is 279 g/mol. The minimum atomic E-state index is 0.766. The Morgan fingerprint density at radius 1 is 1.21 bits per heavy atom. The minimum Gasteiger partial charge on any atom is -0.379 e. The Labute approximate surface area is 117 Å². The zero-order chi connectivity index (χ0) is 13.1. The van der Waals surface area contributed by atoms with E-state index in [1.807, 2.05) is 24.5 Å². The van der Waals surface area contributed by atoms with Gasteiger partial charge in [-0.25, -0.2) is 4.98 Å². The maximum Gasteiger partial charge on any atom is 0.0958 e. The first-order chi connectivity index (χ1) is 9.33. The summed E-state index contributed by atoms with van der Waals surface area (Å²) in [6.07, 6.45) is 3.03. The first-order valence-electron chi connectivity index (χ1n) is 6.73. The van der Waals surface area contributed by atoms with E-state index in [0.717, 1.165) is 61.9 Å². The smallest absolute Gasteiger partial charge is 0.0958 e. The van der Waals surface area contributed by atoms with Crippen molar-refractivity contribution >= 4 is 22.6 Å². The summed E-state index contributed by atoms with van der Waals surface area (Å²) in [5, 5.41) is 0.766. The van der Waals surface area contributed by atoms with Crippen LogP contribution in [-0.4, -0.2) is 47.3 Å². The van der Waals surface area contributed by atoms with Crippen molar-refractivity contribution in [1.29, 1.82) is 0 Å². The van der Waals surface area contributed by atoms with E-state index in [0.29, 0.717) is 0 Å². The maximum atomic E-state index is 6.04. The molecule has 2 heterocycles. The third-order valence-corrected chi connectivity index (χ3v) is 3.80. The number of morpholine rings is 1. The molecule has 19 heavy (non-hydrogen) atoms. The molecule has 0 atom stereocenters. The lowest BCUT2D eigenvalue weighted by molar-refractivity contribution is 0.0369. The molecule has 1 aliphatic heterocycles. The maximum absolute atomic E-state index is 6.04. The highest BCUT2D eigenvalue weighted by Crippen LogP contribution is 2.18. The fourth-order valence-corrected chi connectivity index (χ4v) is 2.66. The molecule has 1 aromatic heterocycles. The predicted molar refractivity (Wildman–Crippen MR) is 76.6 cm³/mol. The van der Waals surface area contributed by atoms with Crippen LogP contribution in [-0.2, 0) is 11.3 Å². The van der Waals surface area contributed by atoms with Crippen molar-refractivity contribution in [3.63, 3.8) is 0 Å². The Morgan fingerprint density at radius 3 is 2.89 bits per heavy atom. The van der Waals surface area contributed by atoms with Crippen molar-refractivity contribution in [3.05, 3.63) is 29.5 Å². The molecule has 1 aromatic carbocycles. The second-order valence-electron chi connectivity index (χ2n) is 4.88. The fourth-order valence-electron chi connectivity index (χ4n) is 2.50. The quantitative estimate of drug-likeness (QED) is 0.861.